The normalized spacial score (nSPS) is 13.8. The first-order valence-electron chi connectivity index (χ1n) is 9.67. The maximum Gasteiger partial charge on any atom is 0.341 e. The molecule has 0 atom stereocenters. The van der Waals surface area contributed by atoms with Crippen molar-refractivity contribution in [1.29, 1.82) is 0 Å². The van der Waals surface area contributed by atoms with E-state index in [0.29, 0.717) is 24.1 Å². The Morgan fingerprint density at radius 3 is 2.59 bits per heavy atom. The lowest BCUT2D eigenvalue weighted by molar-refractivity contribution is 0.0694. The van der Waals surface area contributed by atoms with E-state index in [1.165, 1.54) is 17.3 Å². The zero-order valence-corrected chi connectivity index (χ0v) is 16.6. The number of rotatable bonds is 6. The van der Waals surface area contributed by atoms with Gasteiger partial charge in [0.15, 0.2) is 0 Å². The molecule has 0 fully saturated rings. The number of likely N-dealkylation sites (N-methyl/N-ethyl adjacent to an activating group) is 1. The Hall–Kier alpha value is -3.19. The van der Waals surface area contributed by atoms with Crippen molar-refractivity contribution in [3.63, 3.8) is 0 Å². The van der Waals surface area contributed by atoms with Gasteiger partial charge in [0.05, 0.1) is 17.3 Å². The van der Waals surface area contributed by atoms with Gasteiger partial charge in [0.1, 0.15) is 11.2 Å². The molecule has 1 aliphatic rings. The fourth-order valence-corrected chi connectivity index (χ4v) is 3.88. The number of carbonyl (C=O) groups is 1. The molecule has 2 heterocycles. The van der Waals surface area contributed by atoms with Crippen molar-refractivity contribution in [3.8, 4) is 0 Å². The van der Waals surface area contributed by atoms with Crippen LogP contribution in [0, 0.1) is 0 Å². The lowest BCUT2D eigenvalue weighted by Gasteiger charge is -2.17. The third kappa shape index (κ3) is 3.86. The van der Waals surface area contributed by atoms with Gasteiger partial charge in [0, 0.05) is 25.3 Å². The van der Waals surface area contributed by atoms with Crippen molar-refractivity contribution in [2.75, 3.05) is 26.0 Å². The van der Waals surface area contributed by atoms with E-state index in [1.807, 2.05) is 31.1 Å². The van der Waals surface area contributed by atoms with E-state index in [1.54, 1.807) is 16.8 Å². The minimum atomic E-state index is -1.22. The molecular formula is C22H24N4O3. The molecule has 7 heteroatoms. The first-order valence-corrected chi connectivity index (χ1v) is 9.67. The molecule has 29 heavy (non-hydrogen) atoms. The Kier molecular flexibility index (Phi) is 5.07. The van der Waals surface area contributed by atoms with Crippen molar-refractivity contribution in [2.45, 2.75) is 25.4 Å². The zero-order valence-electron chi connectivity index (χ0n) is 16.6. The van der Waals surface area contributed by atoms with Gasteiger partial charge in [0.2, 0.25) is 5.43 Å². The molecular weight excluding hydrogens is 368 g/mol. The largest absolute Gasteiger partial charge is 0.477 e. The zero-order chi connectivity index (χ0) is 20.5. The second-order valence-electron chi connectivity index (χ2n) is 7.79. The van der Waals surface area contributed by atoms with Gasteiger partial charge >= 0.3 is 5.97 Å². The van der Waals surface area contributed by atoms with Gasteiger partial charge in [-0.25, -0.2) is 9.78 Å². The Bertz CT molecular complexity index is 1110. The number of benzene rings is 1. The Balaban J connectivity index is 1.68. The Morgan fingerprint density at radius 1 is 1.28 bits per heavy atom. The molecule has 7 nitrogen and oxygen atoms in total. The maximum atomic E-state index is 12.8. The predicted octanol–water partition coefficient (Wildman–Crippen LogP) is 2.24. The second kappa shape index (κ2) is 7.67. The highest BCUT2D eigenvalue weighted by Gasteiger charge is 2.21. The minimum Gasteiger partial charge on any atom is -0.477 e. The molecule has 4 rings (SSSR count). The van der Waals surface area contributed by atoms with Gasteiger partial charge < -0.3 is 19.9 Å². The highest BCUT2D eigenvalue weighted by molar-refractivity contribution is 5.92. The minimum absolute atomic E-state index is 0.227. The van der Waals surface area contributed by atoms with Gasteiger partial charge in [-0.3, -0.25) is 4.79 Å². The molecule has 0 saturated heterocycles. The second-order valence-corrected chi connectivity index (χ2v) is 7.79. The van der Waals surface area contributed by atoms with E-state index in [4.69, 9.17) is 0 Å². The first-order chi connectivity index (χ1) is 13.9. The standard InChI is InChI=1S/C22H24N4O3/c1-25(2)7-8-26-13-19(22(28)29)20(27)18-11-17(12-23-21(18)26)24-16-9-14-5-3-4-6-15(14)10-16/h3-6,11-13,16,24H,7-10H2,1-2H3,(H,28,29). The number of carboxylic acid groups (broad SMARTS) is 1. The summed E-state index contributed by atoms with van der Waals surface area (Å²) >= 11 is 0. The first kappa shape index (κ1) is 19.1. The predicted molar refractivity (Wildman–Crippen MR) is 113 cm³/mol. The summed E-state index contributed by atoms with van der Waals surface area (Å²) in [5.74, 6) is -1.22. The molecule has 2 N–H and O–H groups in total. The van der Waals surface area contributed by atoms with Crippen LogP contribution in [0.2, 0.25) is 0 Å². The summed E-state index contributed by atoms with van der Waals surface area (Å²) in [6.45, 7) is 1.25. The van der Waals surface area contributed by atoms with Crippen LogP contribution in [0.25, 0.3) is 11.0 Å². The van der Waals surface area contributed by atoms with Gasteiger partial charge in [-0.2, -0.15) is 0 Å². The smallest absolute Gasteiger partial charge is 0.341 e. The van der Waals surface area contributed by atoms with Crippen molar-refractivity contribution in [3.05, 3.63) is 69.6 Å². The average molecular weight is 392 g/mol. The molecule has 150 valence electrons. The van der Waals surface area contributed by atoms with E-state index in [9.17, 15) is 14.7 Å². The molecule has 0 radical (unpaired) electrons. The summed E-state index contributed by atoms with van der Waals surface area (Å²) in [4.78, 5) is 30.8. The molecule has 0 bridgehead atoms. The van der Waals surface area contributed by atoms with Gasteiger partial charge in [-0.15, -0.1) is 0 Å². The van der Waals surface area contributed by atoms with E-state index >= 15 is 0 Å². The molecule has 1 aliphatic carbocycles. The highest BCUT2D eigenvalue weighted by atomic mass is 16.4. The number of hydrogen-bond donors (Lipinski definition) is 2. The molecule has 0 aliphatic heterocycles. The topological polar surface area (TPSA) is 87.5 Å². The number of nitrogens with zero attached hydrogens (tertiary/aromatic N) is 3. The summed E-state index contributed by atoms with van der Waals surface area (Å²) in [6.07, 6.45) is 4.94. The molecule has 0 saturated carbocycles. The third-order valence-electron chi connectivity index (χ3n) is 5.35. The number of fused-ring (bicyclic) bond motifs is 2. The Labute approximate surface area is 168 Å². The van der Waals surface area contributed by atoms with Gasteiger partial charge in [-0.1, -0.05) is 24.3 Å². The molecule has 0 amide bonds. The van der Waals surface area contributed by atoms with E-state index in [-0.39, 0.29) is 11.6 Å². The van der Waals surface area contributed by atoms with Crippen LogP contribution >= 0.6 is 0 Å². The van der Waals surface area contributed by atoms with Crippen LogP contribution in [0.5, 0.6) is 0 Å². The number of anilines is 1. The number of hydrogen-bond acceptors (Lipinski definition) is 5. The SMILES string of the molecule is CN(C)CCn1cc(C(=O)O)c(=O)c2cc(NC3Cc4ccccc4C3)cnc21. The Morgan fingerprint density at radius 2 is 1.97 bits per heavy atom. The number of nitrogens with one attached hydrogen (secondary N) is 1. The van der Waals surface area contributed by atoms with Crippen LogP contribution in [-0.4, -0.2) is 52.2 Å². The lowest BCUT2D eigenvalue weighted by atomic mass is 10.1. The molecule has 3 aromatic rings. The van der Waals surface area contributed by atoms with Crippen LogP contribution in [0.4, 0.5) is 5.69 Å². The van der Waals surface area contributed by atoms with Crippen LogP contribution in [-0.2, 0) is 19.4 Å². The van der Waals surface area contributed by atoms with Crippen molar-refractivity contribution in [2.24, 2.45) is 0 Å². The summed E-state index contributed by atoms with van der Waals surface area (Å²) in [7, 11) is 3.88. The monoisotopic (exact) mass is 392 g/mol. The fourth-order valence-electron chi connectivity index (χ4n) is 3.88. The van der Waals surface area contributed by atoms with Gasteiger partial charge in [0.25, 0.3) is 0 Å². The van der Waals surface area contributed by atoms with E-state index in [2.05, 4.69) is 22.4 Å². The van der Waals surface area contributed by atoms with Crippen LogP contribution in [0.15, 0.2) is 47.5 Å². The average Bonchev–Trinajstić information content (AvgIpc) is 3.09. The maximum absolute atomic E-state index is 12.8. The summed E-state index contributed by atoms with van der Waals surface area (Å²) in [5, 5.41) is 13.2. The van der Waals surface area contributed by atoms with Crippen LogP contribution in [0.1, 0.15) is 21.5 Å². The van der Waals surface area contributed by atoms with Crippen LogP contribution < -0.4 is 10.7 Å². The van der Waals surface area contributed by atoms with Crippen LogP contribution in [0.3, 0.4) is 0 Å². The molecule has 1 aromatic carbocycles. The van der Waals surface area contributed by atoms with Crippen molar-refractivity contribution < 1.29 is 9.90 Å². The quantitative estimate of drug-likeness (QED) is 0.669. The number of carboxylic acids is 1. The van der Waals surface area contributed by atoms with Gasteiger partial charge in [-0.05, 0) is 44.1 Å². The summed E-state index contributed by atoms with van der Waals surface area (Å²) < 4.78 is 1.75. The third-order valence-corrected chi connectivity index (χ3v) is 5.35. The summed E-state index contributed by atoms with van der Waals surface area (Å²) in [6, 6.07) is 10.3. The van der Waals surface area contributed by atoms with E-state index in [0.717, 1.165) is 18.5 Å². The highest BCUT2D eigenvalue weighted by Crippen LogP contribution is 2.25. The number of pyridine rings is 2. The lowest BCUT2D eigenvalue weighted by Crippen LogP contribution is -2.24. The van der Waals surface area contributed by atoms with E-state index < -0.39 is 11.4 Å². The number of aromatic nitrogens is 2. The summed E-state index contributed by atoms with van der Waals surface area (Å²) in [5.41, 5.74) is 3.16. The van der Waals surface area contributed by atoms with Crippen molar-refractivity contribution in [1.82, 2.24) is 14.5 Å². The molecule has 0 unspecified atom stereocenters. The molecule has 0 spiro atoms. The molecule has 2 aromatic heterocycles. The van der Waals surface area contributed by atoms with Crippen molar-refractivity contribution >= 4 is 22.7 Å². The number of aromatic carboxylic acids is 1. The fraction of sp³-hybridized carbons (Fsp3) is 0.318.